The maximum absolute atomic E-state index is 6.75. The zero-order valence-corrected chi connectivity index (χ0v) is 25.7. The lowest BCUT2D eigenvalue weighted by molar-refractivity contribution is 0.304. The second-order valence-corrected chi connectivity index (χ2v) is 11.5. The van der Waals surface area contributed by atoms with Crippen LogP contribution in [0.4, 0.5) is 0 Å². The first kappa shape index (κ1) is 30.2. The first-order valence-corrected chi connectivity index (χ1v) is 15.6. The number of aliphatic imine (C=N–C) groups is 1. The van der Waals surface area contributed by atoms with Gasteiger partial charge in [-0.15, -0.1) is 0 Å². The van der Waals surface area contributed by atoms with Gasteiger partial charge < -0.3 is 5.73 Å². The Labute approximate surface area is 257 Å². The van der Waals surface area contributed by atoms with E-state index < -0.39 is 0 Å². The van der Waals surface area contributed by atoms with Crippen molar-refractivity contribution in [2.24, 2.45) is 15.8 Å². The number of benzene rings is 1. The predicted molar refractivity (Wildman–Crippen MR) is 186 cm³/mol. The zero-order valence-electron chi connectivity index (χ0n) is 25.7. The van der Waals surface area contributed by atoms with Crippen LogP contribution < -0.4 is 5.73 Å². The first-order chi connectivity index (χ1) is 21.0. The van der Waals surface area contributed by atoms with Crippen molar-refractivity contribution in [1.82, 2.24) is 5.01 Å². The molecular formula is C39H44N4. The van der Waals surface area contributed by atoms with Gasteiger partial charge in [0.05, 0.1) is 24.2 Å². The Morgan fingerprint density at radius 2 is 1.79 bits per heavy atom. The minimum absolute atomic E-state index is 0.197. The van der Waals surface area contributed by atoms with Crippen molar-refractivity contribution in [1.29, 1.82) is 0 Å². The Balaban J connectivity index is 0.000000868. The Morgan fingerprint density at radius 1 is 0.977 bits per heavy atom. The topological polar surface area (TPSA) is 54.0 Å². The Morgan fingerprint density at radius 3 is 2.56 bits per heavy atom. The van der Waals surface area contributed by atoms with Crippen LogP contribution in [0.2, 0.25) is 0 Å². The third kappa shape index (κ3) is 7.21. The number of allylic oxidation sites excluding steroid dienone is 14. The summed E-state index contributed by atoms with van der Waals surface area (Å²) in [6.45, 7) is 8.58. The summed E-state index contributed by atoms with van der Waals surface area (Å²) < 4.78 is 0. The van der Waals surface area contributed by atoms with E-state index in [0.717, 1.165) is 77.8 Å². The molecule has 2 heterocycles. The molecule has 220 valence electrons. The van der Waals surface area contributed by atoms with Crippen LogP contribution in [-0.2, 0) is 0 Å². The second-order valence-electron chi connectivity index (χ2n) is 11.5. The third-order valence-electron chi connectivity index (χ3n) is 8.49. The lowest BCUT2D eigenvalue weighted by Crippen LogP contribution is -2.47. The SMILES string of the molecule is C/C=C\C.C=Cc1cccc(C2=C3CN(C=C(C4=C/C=C\CC/C=C\4)C(/C4=C/C=C(C5(N)CCC5)\C=C/CC4)=N3)N=C2)c1. The summed E-state index contributed by atoms with van der Waals surface area (Å²) in [5, 5.41) is 6.85. The van der Waals surface area contributed by atoms with Crippen LogP contribution in [0.1, 0.15) is 69.9 Å². The molecule has 2 bridgehead atoms. The Bertz CT molecular complexity index is 1550. The van der Waals surface area contributed by atoms with E-state index in [1.54, 1.807) is 0 Å². The van der Waals surface area contributed by atoms with E-state index in [0.29, 0.717) is 6.54 Å². The Hall–Kier alpha value is -4.28. The van der Waals surface area contributed by atoms with Gasteiger partial charge >= 0.3 is 0 Å². The molecule has 1 aromatic rings. The number of rotatable bonds is 5. The van der Waals surface area contributed by atoms with Crippen molar-refractivity contribution in [3.63, 3.8) is 0 Å². The normalized spacial score (nSPS) is 26.9. The molecular weight excluding hydrogens is 524 g/mol. The van der Waals surface area contributed by atoms with Crippen molar-refractivity contribution in [3.05, 3.63) is 143 Å². The van der Waals surface area contributed by atoms with Gasteiger partial charge in [-0.05, 0) is 92.7 Å². The molecule has 0 atom stereocenters. The van der Waals surface area contributed by atoms with Crippen LogP contribution in [0, 0.1) is 0 Å². The van der Waals surface area contributed by atoms with Gasteiger partial charge in [-0.25, -0.2) is 4.99 Å². The van der Waals surface area contributed by atoms with Crippen molar-refractivity contribution >= 4 is 23.6 Å². The van der Waals surface area contributed by atoms with Gasteiger partial charge in [-0.2, -0.15) is 5.10 Å². The largest absolute Gasteiger partial charge is 0.321 e. The summed E-state index contributed by atoms with van der Waals surface area (Å²) in [6.07, 6.45) is 37.4. The molecule has 3 aliphatic carbocycles. The molecule has 0 spiro atoms. The Kier molecular flexibility index (Phi) is 10.0. The molecule has 0 radical (unpaired) electrons. The minimum atomic E-state index is -0.197. The molecule has 4 heteroatoms. The fourth-order valence-electron chi connectivity index (χ4n) is 5.66. The quantitative estimate of drug-likeness (QED) is 0.360. The molecule has 1 aromatic carbocycles. The summed E-state index contributed by atoms with van der Waals surface area (Å²) in [5.74, 6) is 0. The summed E-state index contributed by atoms with van der Waals surface area (Å²) in [4.78, 5) is 5.45. The summed E-state index contributed by atoms with van der Waals surface area (Å²) in [6, 6.07) is 8.43. The monoisotopic (exact) mass is 568 g/mol. The molecule has 6 rings (SSSR count). The highest BCUT2D eigenvalue weighted by molar-refractivity contribution is 6.18. The average Bonchev–Trinajstić information content (AvgIpc) is 3.12. The van der Waals surface area contributed by atoms with E-state index in [-0.39, 0.29) is 5.54 Å². The van der Waals surface area contributed by atoms with E-state index >= 15 is 0 Å². The first-order valence-electron chi connectivity index (χ1n) is 15.6. The molecule has 4 nitrogen and oxygen atoms in total. The van der Waals surface area contributed by atoms with E-state index in [1.807, 2.05) is 43.3 Å². The molecule has 0 saturated heterocycles. The average molecular weight is 569 g/mol. The van der Waals surface area contributed by atoms with E-state index in [9.17, 15) is 0 Å². The van der Waals surface area contributed by atoms with Gasteiger partial charge in [0.1, 0.15) is 0 Å². The van der Waals surface area contributed by atoms with E-state index in [4.69, 9.17) is 15.8 Å². The molecule has 2 N–H and O–H groups in total. The lowest BCUT2D eigenvalue weighted by atomic mass is 9.71. The summed E-state index contributed by atoms with van der Waals surface area (Å²) in [7, 11) is 0. The molecule has 0 amide bonds. The number of hydrogen-bond donors (Lipinski definition) is 1. The van der Waals surface area contributed by atoms with Crippen LogP contribution in [0.3, 0.4) is 0 Å². The predicted octanol–water partition coefficient (Wildman–Crippen LogP) is 9.18. The molecule has 0 aromatic heterocycles. The van der Waals surface area contributed by atoms with E-state index in [2.05, 4.69) is 91.7 Å². The lowest BCUT2D eigenvalue weighted by Gasteiger charge is -2.39. The number of fused-ring (bicyclic) bond motifs is 2. The number of nitrogens with two attached hydrogens (primary N) is 1. The van der Waals surface area contributed by atoms with E-state index in [1.165, 1.54) is 17.6 Å². The minimum Gasteiger partial charge on any atom is -0.321 e. The molecule has 43 heavy (non-hydrogen) atoms. The number of hydrogen-bond acceptors (Lipinski definition) is 4. The van der Waals surface area contributed by atoms with Gasteiger partial charge in [-0.1, -0.05) is 97.7 Å². The molecule has 2 aliphatic heterocycles. The fourth-order valence-corrected chi connectivity index (χ4v) is 5.66. The van der Waals surface area contributed by atoms with Crippen molar-refractivity contribution in [3.8, 4) is 0 Å². The molecule has 1 fully saturated rings. The van der Waals surface area contributed by atoms with Crippen molar-refractivity contribution in [2.45, 2.75) is 64.3 Å². The van der Waals surface area contributed by atoms with Gasteiger partial charge in [0.25, 0.3) is 0 Å². The highest BCUT2D eigenvalue weighted by Gasteiger charge is 2.35. The van der Waals surface area contributed by atoms with Crippen LogP contribution >= 0.6 is 0 Å². The van der Waals surface area contributed by atoms with Crippen LogP contribution in [0.25, 0.3) is 11.6 Å². The highest BCUT2D eigenvalue weighted by atomic mass is 15.4. The van der Waals surface area contributed by atoms with Gasteiger partial charge in [0.2, 0.25) is 0 Å². The molecule has 0 unspecified atom stereocenters. The molecule has 5 aliphatic rings. The highest BCUT2D eigenvalue weighted by Crippen LogP contribution is 2.38. The van der Waals surface area contributed by atoms with Gasteiger partial charge in [0.15, 0.2) is 0 Å². The maximum atomic E-state index is 6.75. The van der Waals surface area contributed by atoms with Crippen molar-refractivity contribution < 1.29 is 0 Å². The standard InChI is InChI=1S/C35H36N4.C4H8/c1-2-26-12-10-16-29(22-26)31-23-37-39-24-32(27-13-6-4-3-5-7-14-27)34(38-33(31)25-39)28-15-8-9-17-30(19-18-28)35(36)20-11-21-35;1-3-4-2/h2,4,6-7,9-10,12-14,16-19,22-24H,1,3,5,8,11,15,20-21,25,36H2;3-4H,1-2H3/b6-4-,14-7-,17-9-,27-13+,28-18+,30-19+;4-3-. The smallest absolute Gasteiger partial charge is 0.0838 e. The van der Waals surface area contributed by atoms with Crippen LogP contribution in [0.5, 0.6) is 0 Å². The van der Waals surface area contributed by atoms with Gasteiger partial charge in [-0.3, -0.25) is 5.01 Å². The number of hydrazone groups is 1. The van der Waals surface area contributed by atoms with Crippen LogP contribution in [0.15, 0.2) is 142 Å². The van der Waals surface area contributed by atoms with Gasteiger partial charge in [0, 0.05) is 22.9 Å². The van der Waals surface area contributed by atoms with Crippen LogP contribution in [-0.4, -0.2) is 29.0 Å². The number of nitrogens with zero attached hydrogens (tertiary/aromatic N) is 3. The second kappa shape index (κ2) is 14.3. The summed E-state index contributed by atoms with van der Waals surface area (Å²) >= 11 is 0. The van der Waals surface area contributed by atoms with Crippen molar-refractivity contribution in [2.75, 3.05) is 6.54 Å². The fraction of sp³-hybridized carbons (Fsp3) is 0.282. The molecule has 1 saturated carbocycles. The maximum Gasteiger partial charge on any atom is 0.0838 e. The summed E-state index contributed by atoms with van der Waals surface area (Å²) in [5.41, 5.74) is 16.6. The zero-order chi connectivity index (χ0) is 30.1. The third-order valence-corrected chi connectivity index (χ3v) is 8.49.